The topological polar surface area (TPSA) is 3.24 Å². The number of rotatable bonds is 7. The van der Waals surface area contributed by atoms with E-state index in [2.05, 4.69) is 46.6 Å². The molecule has 0 saturated heterocycles. The minimum Gasteiger partial charge on any atom is -0.306 e. The third-order valence-electron chi connectivity index (χ3n) is 2.35. The molecule has 0 bridgehead atoms. The highest BCUT2D eigenvalue weighted by Crippen LogP contribution is 2.04. The summed E-state index contributed by atoms with van der Waals surface area (Å²) in [6.07, 6.45) is 6.69. The van der Waals surface area contributed by atoms with Gasteiger partial charge in [0, 0.05) is 0 Å². The molecule has 0 atom stereocenters. The lowest BCUT2D eigenvalue weighted by molar-refractivity contribution is 0.335. The van der Waals surface area contributed by atoms with E-state index in [-0.39, 0.29) is 0 Å². The molecule has 0 N–H and O–H groups in total. The molecule has 0 spiro atoms. The highest BCUT2D eigenvalue weighted by atomic mass is 15.1. The molecule has 0 unspecified atom stereocenters. The Morgan fingerprint density at radius 1 is 0.867 bits per heavy atom. The highest BCUT2D eigenvalue weighted by Gasteiger charge is 1.90. The molecule has 1 heteroatoms. The number of unbranched alkanes of at least 4 members (excludes halogenated alkanes) is 1. The summed E-state index contributed by atoms with van der Waals surface area (Å²) in [5.41, 5.74) is 0. The van der Waals surface area contributed by atoms with Crippen LogP contribution in [0.2, 0.25) is 0 Å². The smallest absolute Gasteiger partial charge is 0.00244 e. The Labute approximate surface area is 98.2 Å². The van der Waals surface area contributed by atoms with Crippen LogP contribution in [-0.2, 0) is 0 Å². The summed E-state index contributed by atoms with van der Waals surface area (Å²) >= 11 is 0. The fourth-order valence-electron chi connectivity index (χ4n) is 1.49. The molecule has 0 radical (unpaired) electrons. The molecule has 0 rings (SSSR count). The molecule has 0 aliphatic carbocycles. The number of nitrogens with zero attached hydrogens (tertiary/aromatic N) is 1. The molecule has 0 aliphatic rings. The molecule has 0 amide bonds. The first-order valence-corrected chi connectivity index (χ1v) is 6.76. The van der Waals surface area contributed by atoms with Crippen LogP contribution in [0, 0.1) is 5.92 Å². The fourth-order valence-corrected chi connectivity index (χ4v) is 1.49. The summed E-state index contributed by atoms with van der Waals surface area (Å²) < 4.78 is 0. The van der Waals surface area contributed by atoms with E-state index >= 15 is 0 Å². The summed E-state index contributed by atoms with van der Waals surface area (Å²) in [6, 6.07) is 0. The molecule has 0 aromatic rings. The normalized spacial score (nSPS) is 10.4. The van der Waals surface area contributed by atoms with E-state index < -0.39 is 0 Å². The van der Waals surface area contributed by atoms with Crippen molar-refractivity contribution in [2.45, 2.75) is 66.7 Å². The van der Waals surface area contributed by atoms with Gasteiger partial charge in [0.05, 0.1) is 0 Å². The van der Waals surface area contributed by atoms with Crippen LogP contribution in [0.15, 0.2) is 0 Å². The van der Waals surface area contributed by atoms with Crippen LogP contribution < -0.4 is 0 Å². The average Bonchev–Trinajstić information content (AvgIpc) is 2.16. The third kappa shape index (κ3) is 20.1. The molecule has 0 aromatic carbocycles. The first-order chi connectivity index (χ1) is 7.08. The van der Waals surface area contributed by atoms with Gasteiger partial charge in [-0.1, -0.05) is 53.9 Å². The molecule has 15 heavy (non-hydrogen) atoms. The van der Waals surface area contributed by atoms with Crippen LogP contribution in [0.3, 0.4) is 0 Å². The molecule has 0 saturated carbocycles. The lowest BCUT2D eigenvalue weighted by Gasteiger charge is -2.12. The van der Waals surface area contributed by atoms with Crippen molar-refractivity contribution in [3.63, 3.8) is 0 Å². The summed E-state index contributed by atoms with van der Waals surface area (Å²) in [4.78, 5) is 2.36. The third-order valence-corrected chi connectivity index (χ3v) is 2.35. The van der Waals surface area contributed by atoms with Gasteiger partial charge in [0.15, 0.2) is 0 Å². The second-order valence-electron chi connectivity index (χ2n) is 4.84. The zero-order chi connectivity index (χ0) is 12.1. The Balaban J connectivity index is 0. The molecule has 1 nitrogen and oxygen atoms in total. The van der Waals surface area contributed by atoms with Gasteiger partial charge >= 0.3 is 0 Å². The van der Waals surface area contributed by atoms with Crippen molar-refractivity contribution < 1.29 is 0 Å². The van der Waals surface area contributed by atoms with Gasteiger partial charge in [0.1, 0.15) is 0 Å². The average molecular weight is 215 g/mol. The second-order valence-corrected chi connectivity index (χ2v) is 4.84. The number of hydrogen-bond acceptors (Lipinski definition) is 1. The molecule has 0 aliphatic heterocycles. The van der Waals surface area contributed by atoms with Gasteiger partial charge in [-0.15, -0.1) is 0 Å². The van der Waals surface area contributed by atoms with Gasteiger partial charge in [-0.3, -0.25) is 0 Å². The Bertz CT molecular complexity index is 93.5. The Hall–Kier alpha value is -0.0400. The van der Waals surface area contributed by atoms with Crippen LogP contribution in [0.25, 0.3) is 0 Å². The lowest BCUT2D eigenvalue weighted by atomic mass is 10.1. The van der Waals surface area contributed by atoms with Crippen molar-refractivity contribution in [3.05, 3.63) is 0 Å². The maximum atomic E-state index is 2.36. The maximum Gasteiger partial charge on any atom is -0.00244 e. The zero-order valence-corrected chi connectivity index (χ0v) is 12.0. The monoisotopic (exact) mass is 215 g/mol. The van der Waals surface area contributed by atoms with Crippen molar-refractivity contribution in [2.75, 3.05) is 20.1 Å². The Morgan fingerprint density at radius 3 is 1.53 bits per heavy atom. The van der Waals surface area contributed by atoms with Gasteiger partial charge in [0.25, 0.3) is 0 Å². The van der Waals surface area contributed by atoms with Gasteiger partial charge in [0.2, 0.25) is 0 Å². The van der Waals surface area contributed by atoms with Crippen molar-refractivity contribution in [1.82, 2.24) is 4.90 Å². The molecule has 94 valence electrons. The van der Waals surface area contributed by atoms with E-state index in [0.717, 1.165) is 5.92 Å². The first kappa shape index (κ1) is 17.4. The van der Waals surface area contributed by atoms with E-state index in [1.165, 1.54) is 45.2 Å². The summed E-state index contributed by atoms with van der Waals surface area (Å²) in [7, 11) is 2.17. The highest BCUT2D eigenvalue weighted by molar-refractivity contribution is 4.45. The van der Waals surface area contributed by atoms with Crippen LogP contribution in [0.1, 0.15) is 66.7 Å². The van der Waals surface area contributed by atoms with Gasteiger partial charge in [-0.05, 0) is 38.9 Å². The van der Waals surface area contributed by atoms with Crippen LogP contribution >= 0.6 is 0 Å². The van der Waals surface area contributed by atoms with Gasteiger partial charge in [-0.25, -0.2) is 0 Å². The van der Waals surface area contributed by atoms with Crippen molar-refractivity contribution >= 4 is 0 Å². The SMILES string of the molecule is CCCCC(C)C.CCCN(C)CCC. The van der Waals surface area contributed by atoms with E-state index in [9.17, 15) is 0 Å². The minimum atomic E-state index is 0.903. The molecular formula is C14H33N. The maximum absolute atomic E-state index is 2.36. The summed E-state index contributed by atoms with van der Waals surface area (Å²) in [6.45, 7) is 13.7. The lowest BCUT2D eigenvalue weighted by Crippen LogP contribution is -2.19. The zero-order valence-electron chi connectivity index (χ0n) is 12.0. The summed E-state index contributed by atoms with van der Waals surface area (Å²) in [5.74, 6) is 0.903. The molecule has 0 aromatic heterocycles. The van der Waals surface area contributed by atoms with Gasteiger partial charge in [-0.2, -0.15) is 0 Å². The fraction of sp³-hybridized carbons (Fsp3) is 1.00. The number of hydrogen-bond donors (Lipinski definition) is 0. The van der Waals surface area contributed by atoms with Crippen LogP contribution in [-0.4, -0.2) is 25.0 Å². The molecule has 0 heterocycles. The quantitative estimate of drug-likeness (QED) is 0.601. The Kier molecular flexibility index (Phi) is 16.2. The standard InChI is InChI=1S/C7H17N.C7H16/c1-4-6-8(3)7-5-2;1-4-5-6-7(2)3/h4-7H2,1-3H3;7H,4-6H2,1-3H3. The van der Waals surface area contributed by atoms with E-state index in [1.54, 1.807) is 0 Å². The van der Waals surface area contributed by atoms with Crippen molar-refractivity contribution in [3.8, 4) is 0 Å². The predicted octanol–water partition coefficient (Wildman–Crippen LogP) is 4.57. The van der Waals surface area contributed by atoms with E-state index in [4.69, 9.17) is 0 Å². The minimum absolute atomic E-state index is 0.903. The van der Waals surface area contributed by atoms with Crippen LogP contribution in [0.5, 0.6) is 0 Å². The first-order valence-electron chi connectivity index (χ1n) is 6.76. The van der Waals surface area contributed by atoms with Gasteiger partial charge < -0.3 is 4.90 Å². The van der Waals surface area contributed by atoms with Crippen molar-refractivity contribution in [2.24, 2.45) is 5.92 Å². The second kappa shape index (κ2) is 14.0. The Morgan fingerprint density at radius 2 is 1.33 bits per heavy atom. The molecule has 0 fully saturated rings. The predicted molar refractivity (Wildman–Crippen MR) is 72.4 cm³/mol. The molecular weight excluding hydrogens is 182 g/mol. The summed E-state index contributed by atoms with van der Waals surface area (Å²) in [5, 5.41) is 0. The van der Waals surface area contributed by atoms with Crippen LogP contribution in [0.4, 0.5) is 0 Å². The largest absolute Gasteiger partial charge is 0.306 e. The van der Waals surface area contributed by atoms with E-state index in [1.807, 2.05) is 0 Å². The van der Waals surface area contributed by atoms with Crippen molar-refractivity contribution in [1.29, 1.82) is 0 Å². The van der Waals surface area contributed by atoms with E-state index in [0.29, 0.717) is 0 Å².